The van der Waals surface area contributed by atoms with Gasteiger partial charge in [0, 0.05) is 29.3 Å². The molecule has 5 nitrogen and oxygen atoms in total. The molecule has 2 aromatic heterocycles. The van der Waals surface area contributed by atoms with Gasteiger partial charge < -0.3 is 4.74 Å². The Morgan fingerprint density at radius 3 is 2.77 bits per heavy atom. The maximum absolute atomic E-state index is 12.7. The molecule has 128 valence electrons. The minimum Gasteiger partial charge on any atom is -0.493 e. The topological polar surface area (TPSA) is 59.4 Å². The zero-order valence-corrected chi connectivity index (χ0v) is 14.3. The summed E-state index contributed by atoms with van der Waals surface area (Å²) in [5.74, 6) is 0.925. The van der Waals surface area contributed by atoms with Crippen LogP contribution >= 0.6 is 0 Å². The molecule has 0 bridgehead atoms. The van der Waals surface area contributed by atoms with Crippen LogP contribution in [0.5, 0.6) is 5.75 Å². The summed E-state index contributed by atoms with van der Waals surface area (Å²) in [5, 5.41) is 3.14. The van der Waals surface area contributed by atoms with Gasteiger partial charge in [-0.2, -0.15) is 0 Å². The number of nitrogens with one attached hydrogen (secondary N) is 1. The van der Waals surface area contributed by atoms with E-state index in [4.69, 9.17) is 9.72 Å². The SMILES string of the molecule is Cc1[nH]n2c(=O)cc(-c3ccc4c(c3)CCO4)nc2c1-c1ccccc1. The van der Waals surface area contributed by atoms with Gasteiger partial charge in [-0.05, 0) is 36.2 Å². The molecule has 1 aliphatic heterocycles. The van der Waals surface area contributed by atoms with E-state index in [9.17, 15) is 4.79 Å². The fraction of sp³-hybridized carbons (Fsp3) is 0.143. The summed E-state index contributed by atoms with van der Waals surface area (Å²) >= 11 is 0. The molecule has 0 saturated heterocycles. The number of ether oxygens (including phenoxy) is 1. The van der Waals surface area contributed by atoms with Crippen molar-refractivity contribution in [1.29, 1.82) is 0 Å². The zero-order chi connectivity index (χ0) is 17.7. The minimum absolute atomic E-state index is 0.118. The highest BCUT2D eigenvalue weighted by Crippen LogP contribution is 2.31. The van der Waals surface area contributed by atoms with E-state index in [1.54, 1.807) is 6.07 Å². The molecule has 26 heavy (non-hydrogen) atoms. The third-order valence-electron chi connectivity index (χ3n) is 4.84. The van der Waals surface area contributed by atoms with E-state index in [0.717, 1.165) is 40.1 Å². The van der Waals surface area contributed by atoms with Gasteiger partial charge in [0.2, 0.25) is 0 Å². The Labute approximate surface area is 149 Å². The van der Waals surface area contributed by atoms with Crippen LogP contribution in [-0.4, -0.2) is 21.2 Å². The molecule has 5 rings (SSSR count). The molecular formula is C21H17N3O2. The highest BCUT2D eigenvalue weighted by Gasteiger charge is 2.17. The molecule has 0 fully saturated rings. The second kappa shape index (κ2) is 5.59. The molecule has 0 radical (unpaired) electrons. The van der Waals surface area contributed by atoms with E-state index in [1.807, 2.05) is 49.4 Å². The van der Waals surface area contributed by atoms with Crippen LogP contribution < -0.4 is 10.3 Å². The molecule has 0 unspecified atom stereocenters. The summed E-state index contributed by atoms with van der Waals surface area (Å²) in [4.78, 5) is 17.5. The van der Waals surface area contributed by atoms with Crippen molar-refractivity contribution in [2.75, 3.05) is 6.61 Å². The van der Waals surface area contributed by atoms with Crippen LogP contribution in [0, 0.1) is 6.92 Å². The summed E-state index contributed by atoms with van der Waals surface area (Å²) in [6.07, 6.45) is 0.892. The van der Waals surface area contributed by atoms with Gasteiger partial charge in [-0.3, -0.25) is 9.89 Å². The third-order valence-corrected chi connectivity index (χ3v) is 4.84. The number of aromatic amines is 1. The van der Waals surface area contributed by atoms with Crippen molar-refractivity contribution in [2.24, 2.45) is 0 Å². The van der Waals surface area contributed by atoms with Crippen molar-refractivity contribution in [1.82, 2.24) is 14.6 Å². The molecule has 4 aromatic rings. The van der Waals surface area contributed by atoms with Gasteiger partial charge in [0.25, 0.3) is 5.56 Å². The van der Waals surface area contributed by atoms with Gasteiger partial charge in [-0.25, -0.2) is 9.50 Å². The number of rotatable bonds is 2. The Morgan fingerprint density at radius 1 is 1.08 bits per heavy atom. The first kappa shape index (κ1) is 15.0. The van der Waals surface area contributed by atoms with Crippen LogP contribution in [0.15, 0.2) is 59.4 Å². The molecule has 3 heterocycles. The van der Waals surface area contributed by atoms with Crippen molar-refractivity contribution in [3.05, 3.63) is 76.2 Å². The number of aryl methyl sites for hydroxylation is 1. The molecule has 0 aliphatic carbocycles. The Kier molecular flexibility index (Phi) is 3.22. The lowest BCUT2D eigenvalue weighted by molar-refractivity contribution is 0.357. The second-order valence-electron chi connectivity index (χ2n) is 6.54. The largest absolute Gasteiger partial charge is 0.493 e. The number of nitrogens with zero attached hydrogens (tertiary/aromatic N) is 2. The van der Waals surface area contributed by atoms with E-state index >= 15 is 0 Å². The van der Waals surface area contributed by atoms with Crippen LogP contribution in [0.3, 0.4) is 0 Å². The Balaban J connectivity index is 1.75. The number of hydrogen-bond acceptors (Lipinski definition) is 3. The number of H-pyrrole nitrogens is 1. The van der Waals surface area contributed by atoms with Crippen LogP contribution in [0.25, 0.3) is 28.0 Å². The summed E-state index contributed by atoms with van der Waals surface area (Å²) in [5.41, 5.74) is 6.22. The molecule has 5 heteroatoms. The zero-order valence-electron chi connectivity index (χ0n) is 14.3. The Bertz CT molecular complexity index is 1190. The summed E-state index contributed by atoms with van der Waals surface area (Å²) in [6, 6.07) is 17.6. The van der Waals surface area contributed by atoms with Crippen molar-refractivity contribution in [2.45, 2.75) is 13.3 Å². The molecule has 1 aliphatic rings. The quantitative estimate of drug-likeness (QED) is 0.605. The predicted octanol–water partition coefficient (Wildman–Crippen LogP) is 3.60. The number of fused-ring (bicyclic) bond motifs is 2. The normalized spacial score (nSPS) is 13.0. The Hall–Kier alpha value is -3.34. The lowest BCUT2D eigenvalue weighted by Gasteiger charge is -2.05. The summed E-state index contributed by atoms with van der Waals surface area (Å²) in [6.45, 7) is 2.67. The summed E-state index contributed by atoms with van der Waals surface area (Å²) in [7, 11) is 0. The van der Waals surface area contributed by atoms with Crippen molar-refractivity contribution < 1.29 is 4.74 Å². The average molecular weight is 343 g/mol. The van der Waals surface area contributed by atoms with E-state index in [2.05, 4.69) is 11.2 Å². The van der Waals surface area contributed by atoms with Gasteiger partial charge in [-0.15, -0.1) is 0 Å². The average Bonchev–Trinajstić information content (AvgIpc) is 3.25. The number of aromatic nitrogens is 3. The minimum atomic E-state index is -0.118. The van der Waals surface area contributed by atoms with Crippen LogP contribution in [0.4, 0.5) is 0 Å². The van der Waals surface area contributed by atoms with Crippen molar-refractivity contribution >= 4 is 5.65 Å². The molecule has 0 amide bonds. The van der Waals surface area contributed by atoms with Gasteiger partial charge in [0.1, 0.15) is 5.75 Å². The monoisotopic (exact) mass is 343 g/mol. The van der Waals surface area contributed by atoms with E-state index in [-0.39, 0.29) is 5.56 Å². The Morgan fingerprint density at radius 2 is 1.92 bits per heavy atom. The predicted molar refractivity (Wildman–Crippen MR) is 101 cm³/mol. The highest BCUT2D eigenvalue weighted by molar-refractivity contribution is 5.81. The fourth-order valence-electron chi connectivity index (χ4n) is 3.59. The van der Waals surface area contributed by atoms with Crippen molar-refractivity contribution in [3.63, 3.8) is 0 Å². The molecule has 0 saturated carbocycles. The van der Waals surface area contributed by atoms with E-state index in [1.165, 1.54) is 4.52 Å². The molecule has 0 spiro atoms. The molecule has 2 aromatic carbocycles. The maximum atomic E-state index is 12.7. The first-order valence-corrected chi connectivity index (χ1v) is 8.64. The molecular weight excluding hydrogens is 326 g/mol. The highest BCUT2D eigenvalue weighted by atomic mass is 16.5. The van der Waals surface area contributed by atoms with Crippen LogP contribution in [0.2, 0.25) is 0 Å². The van der Waals surface area contributed by atoms with Gasteiger partial charge in [-0.1, -0.05) is 30.3 Å². The van der Waals surface area contributed by atoms with Gasteiger partial charge >= 0.3 is 0 Å². The standard InChI is InChI=1S/C21H17N3O2/c1-13-20(14-5-3-2-4-6-14)21-22-17(12-19(25)24(21)23-13)15-7-8-18-16(11-15)9-10-26-18/h2-8,11-12,23H,9-10H2,1H3. The van der Waals surface area contributed by atoms with Gasteiger partial charge in [0.05, 0.1) is 12.3 Å². The lowest BCUT2D eigenvalue weighted by Crippen LogP contribution is -2.14. The first-order chi connectivity index (χ1) is 12.7. The number of hydrogen-bond donors (Lipinski definition) is 1. The summed E-state index contributed by atoms with van der Waals surface area (Å²) < 4.78 is 7.08. The molecule has 1 N–H and O–H groups in total. The van der Waals surface area contributed by atoms with E-state index < -0.39 is 0 Å². The van der Waals surface area contributed by atoms with Gasteiger partial charge in [0.15, 0.2) is 5.65 Å². The maximum Gasteiger partial charge on any atom is 0.273 e. The van der Waals surface area contributed by atoms with Crippen LogP contribution in [0.1, 0.15) is 11.3 Å². The molecule has 0 atom stereocenters. The number of benzene rings is 2. The van der Waals surface area contributed by atoms with Crippen molar-refractivity contribution in [3.8, 4) is 28.1 Å². The van der Waals surface area contributed by atoms with E-state index in [0.29, 0.717) is 17.9 Å². The third kappa shape index (κ3) is 2.24. The lowest BCUT2D eigenvalue weighted by atomic mass is 10.0. The second-order valence-corrected chi connectivity index (χ2v) is 6.54. The smallest absolute Gasteiger partial charge is 0.273 e. The fourth-order valence-corrected chi connectivity index (χ4v) is 3.59. The van der Waals surface area contributed by atoms with Crippen LogP contribution in [-0.2, 0) is 6.42 Å². The first-order valence-electron chi connectivity index (χ1n) is 8.64.